The van der Waals surface area contributed by atoms with Crippen LogP contribution in [0.4, 0.5) is 5.69 Å². The molecule has 6 aromatic carbocycles. The predicted octanol–water partition coefficient (Wildman–Crippen LogP) is 12.1. The summed E-state index contributed by atoms with van der Waals surface area (Å²) in [5.41, 5.74) is 14.0. The van der Waals surface area contributed by atoms with Gasteiger partial charge in [-0.25, -0.2) is 0 Å². The summed E-state index contributed by atoms with van der Waals surface area (Å²) in [4.78, 5) is 2.57. The summed E-state index contributed by atoms with van der Waals surface area (Å²) in [5, 5.41) is 14.4. The van der Waals surface area contributed by atoms with Crippen LogP contribution >= 0.6 is 0 Å². The van der Waals surface area contributed by atoms with E-state index in [1.807, 2.05) is 12.1 Å². The zero-order valence-electron chi connectivity index (χ0n) is 29.0. The zero-order valence-corrected chi connectivity index (χ0v) is 29.0. The summed E-state index contributed by atoms with van der Waals surface area (Å²) in [6.45, 7) is 0. The van der Waals surface area contributed by atoms with Crippen molar-refractivity contribution in [3.8, 4) is 28.6 Å². The van der Waals surface area contributed by atoms with Crippen LogP contribution in [0.15, 0.2) is 176 Å². The van der Waals surface area contributed by atoms with Gasteiger partial charge in [0.15, 0.2) is 0 Å². The lowest BCUT2D eigenvalue weighted by molar-refractivity contribution is 0.701. The normalized spacial score (nSPS) is 17.5. The second-order valence-corrected chi connectivity index (χ2v) is 14.4. The van der Waals surface area contributed by atoms with Gasteiger partial charge in [-0.15, -0.1) is 0 Å². The lowest BCUT2D eigenvalue weighted by Crippen LogP contribution is -2.32. The number of nitrogens with zero attached hydrogens (tertiary/aromatic N) is 4. The lowest BCUT2D eigenvalue weighted by atomic mass is 9.89. The first kappa shape index (κ1) is 29.9. The molecule has 0 saturated heterocycles. The molecular weight excluding hydrogens is 645 g/mol. The largest absolute Gasteiger partial charge is 0.337 e. The first-order valence-corrected chi connectivity index (χ1v) is 18.5. The highest BCUT2D eigenvalue weighted by Gasteiger charge is 2.38. The van der Waals surface area contributed by atoms with E-state index in [2.05, 4.69) is 178 Å². The fourth-order valence-electron chi connectivity index (χ4n) is 9.17. The maximum atomic E-state index is 9.65. The Balaban J connectivity index is 1.05. The number of hydrogen-bond acceptors (Lipinski definition) is 2. The van der Waals surface area contributed by atoms with E-state index in [1.165, 1.54) is 49.9 Å². The third-order valence-corrected chi connectivity index (χ3v) is 11.5. The van der Waals surface area contributed by atoms with Crippen molar-refractivity contribution in [2.45, 2.75) is 24.8 Å². The van der Waals surface area contributed by atoms with Gasteiger partial charge in [0.2, 0.25) is 0 Å². The van der Waals surface area contributed by atoms with Crippen LogP contribution in [0.3, 0.4) is 0 Å². The van der Waals surface area contributed by atoms with Gasteiger partial charge >= 0.3 is 0 Å². The number of nitriles is 1. The smallest absolute Gasteiger partial charge is 0.0991 e. The number of hydrogen-bond donors (Lipinski definition) is 0. The monoisotopic (exact) mass is 678 g/mol. The lowest BCUT2D eigenvalue weighted by Gasteiger charge is -2.31. The summed E-state index contributed by atoms with van der Waals surface area (Å²) in [6, 6.07) is 48.7. The van der Waals surface area contributed by atoms with Gasteiger partial charge in [-0.3, -0.25) is 0 Å². The van der Waals surface area contributed by atoms with Gasteiger partial charge in [-0.05, 0) is 108 Å². The van der Waals surface area contributed by atoms with E-state index in [9.17, 15) is 5.26 Å². The first-order chi connectivity index (χ1) is 26.2. The molecule has 2 unspecified atom stereocenters. The van der Waals surface area contributed by atoms with Gasteiger partial charge in [-0.2, -0.15) is 5.26 Å². The van der Waals surface area contributed by atoms with Gasteiger partial charge in [0, 0.05) is 50.2 Å². The molecule has 8 aromatic rings. The number of fused-ring (bicyclic) bond motifs is 9. The highest BCUT2D eigenvalue weighted by atomic mass is 15.2. The van der Waals surface area contributed by atoms with Crippen LogP contribution in [0.5, 0.6) is 0 Å². The topological polar surface area (TPSA) is 36.9 Å². The van der Waals surface area contributed by atoms with E-state index in [0.717, 1.165) is 46.0 Å². The summed E-state index contributed by atoms with van der Waals surface area (Å²) in [7, 11) is 0. The Hall–Kier alpha value is -6.83. The van der Waals surface area contributed by atoms with Crippen molar-refractivity contribution in [3.05, 3.63) is 187 Å². The van der Waals surface area contributed by atoms with E-state index >= 15 is 0 Å². The van der Waals surface area contributed by atoms with Crippen LogP contribution < -0.4 is 4.90 Å². The predicted molar refractivity (Wildman–Crippen MR) is 219 cm³/mol. The van der Waals surface area contributed by atoms with Crippen molar-refractivity contribution in [2.75, 3.05) is 4.90 Å². The third kappa shape index (κ3) is 4.47. The van der Waals surface area contributed by atoms with E-state index in [0.29, 0.717) is 17.5 Å². The van der Waals surface area contributed by atoms with E-state index in [-0.39, 0.29) is 0 Å². The molecule has 0 fully saturated rings. The van der Waals surface area contributed by atoms with Crippen molar-refractivity contribution in [1.82, 2.24) is 9.13 Å². The van der Waals surface area contributed by atoms with E-state index < -0.39 is 0 Å². The van der Waals surface area contributed by atoms with Crippen LogP contribution in [-0.4, -0.2) is 15.2 Å². The fraction of sp³-hybridized carbons (Fsp3) is 0.0816. The molecule has 0 bridgehead atoms. The van der Waals surface area contributed by atoms with Gasteiger partial charge in [0.05, 0.1) is 39.7 Å². The minimum Gasteiger partial charge on any atom is -0.337 e. The minimum atomic E-state index is 0.316. The Bertz CT molecular complexity index is 2990. The van der Waals surface area contributed by atoms with Crippen molar-refractivity contribution >= 4 is 49.3 Å². The Kier molecular flexibility index (Phi) is 6.53. The Morgan fingerprint density at radius 3 is 1.96 bits per heavy atom. The molecule has 0 N–H and O–H groups in total. The molecule has 2 atom stereocenters. The Morgan fingerprint density at radius 1 is 0.566 bits per heavy atom. The highest BCUT2D eigenvalue weighted by molar-refractivity contribution is 6.11. The first-order valence-electron chi connectivity index (χ1n) is 18.5. The quantitative estimate of drug-likeness (QED) is 0.186. The fourth-order valence-corrected chi connectivity index (χ4v) is 9.17. The van der Waals surface area contributed by atoms with Crippen LogP contribution in [0.1, 0.15) is 29.9 Å². The van der Waals surface area contributed by atoms with Crippen molar-refractivity contribution in [1.29, 1.82) is 5.26 Å². The van der Waals surface area contributed by atoms with Crippen molar-refractivity contribution in [3.63, 3.8) is 0 Å². The molecular formula is C49H34N4. The van der Waals surface area contributed by atoms with E-state index in [4.69, 9.17) is 0 Å². The summed E-state index contributed by atoms with van der Waals surface area (Å²) in [5.74, 6) is 0.336. The molecule has 2 aliphatic carbocycles. The molecule has 11 rings (SSSR count). The molecule has 53 heavy (non-hydrogen) atoms. The van der Waals surface area contributed by atoms with Crippen molar-refractivity contribution in [2.24, 2.45) is 0 Å². The standard InChI is InChI=1S/C49H34N4/c50-31-32-21-24-47-41(27-32)38-15-4-8-19-45(38)52(47)36-13-10-14-37(30-36)53-46-20-9-6-17-40(46)43-29-34(23-26-49(43)53)33-22-25-48-42(28-33)39-16-5-7-18-44(39)51(48)35-11-2-1-3-12-35/h1-2,4-11,13-30,39,44H,3,12H2. The number of rotatable bonds is 4. The summed E-state index contributed by atoms with van der Waals surface area (Å²) in [6.07, 6.45) is 18.1. The molecule has 0 spiro atoms. The SMILES string of the molecule is N#Cc1ccc2c(c1)c1ccccc1n2-c1cccc(-n2c3ccccc3c3cc(-c4ccc5c(c4)C4C=CC=CC4N5C4=CC=CCC4)ccc32)c1. The Morgan fingerprint density at radius 2 is 1.23 bits per heavy atom. The average Bonchev–Trinajstić information content (AvgIpc) is 3.86. The molecule has 2 aromatic heterocycles. The van der Waals surface area contributed by atoms with E-state index in [1.54, 1.807) is 0 Å². The number of aromatic nitrogens is 2. The zero-order chi connectivity index (χ0) is 35.0. The number of allylic oxidation sites excluding steroid dienone is 6. The Labute approximate surface area is 307 Å². The van der Waals surface area contributed by atoms with Crippen LogP contribution in [0.25, 0.3) is 66.1 Å². The minimum absolute atomic E-state index is 0.316. The molecule has 250 valence electrons. The maximum absolute atomic E-state index is 9.65. The van der Waals surface area contributed by atoms with Gasteiger partial charge in [0.25, 0.3) is 0 Å². The molecule has 0 radical (unpaired) electrons. The van der Waals surface area contributed by atoms with Gasteiger partial charge in [0.1, 0.15) is 0 Å². The second kappa shape index (κ2) is 11.6. The molecule has 3 heterocycles. The molecule has 0 amide bonds. The second-order valence-electron chi connectivity index (χ2n) is 14.4. The summed E-state index contributed by atoms with van der Waals surface area (Å²) < 4.78 is 4.72. The highest BCUT2D eigenvalue weighted by Crippen LogP contribution is 2.48. The third-order valence-electron chi connectivity index (χ3n) is 11.5. The summed E-state index contributed by atoms with van der Waals surface area (Å²) >= 11 is 0. The van der Waals surface area contributed by atoms with Crippen LogP contribution in [0.2, 0.25) is 0 Å². The molecule has 0 saturated carbocycles. The van der Waals surface area contributed by atoms with Crippen molar-refractivity contribution < 1.29 is 0 Å². The molecule has 3 aliphatic rings. The number of anilines is 1. The molecule has 1 aliphatic heterocycles. The van der Waals surface area contributed by atoms with Crippen LogP contribution in [0, 0.1) is 11.3 Å². The number of para-hydroxylation sites is 2. The average molecular weight is 679 g/mol. The van der Waals surface area contributed by atoms with Gasteiger partial charge < -0.3 is 14.0 Å². The molecule has 4 heteroatoms. The van der Waals surface area contributed by atoms with Gasteiger partial charge in [-0.1, -0.05) is 91.1 Å². The maximum Gasteiger partial charge on any atom is 0.0991 e. The number of benzene rings is 6. The van der Waals surface area contributed by atoms with Crippen LogP contribution in [-0.2, 0) is 0 Å². The molecule has 4 nitrogen and oxygen atoms in total.